The monoisotopic (exact) mass is 412 g/mol. The smallest absolute Gasteiger partial charge is 0.240 e. The molecule has 0 saturated carbocycles. The summed E-state index contributed by atoms with van der Waals surface area (Å²) in [5.41, 5.74) is 2.84. The van der Waals surface area contributed by atoms with E-state index in [0.717, 1.165) is 38.9 Å². The Kier molecular flexibility index (Phi) is 6.59. The largest absolute Gasteiger partial charge is 0.299 e. The van der Waals surface area contributed by atoms with Crippen LogP contribution in [0, 0.1) is 0 Å². The molecule has 0 fully saturated rings. The maximum Gasteiger partial charge on any atom is 0.240 e. The van der Waals surface area contributed by atoms with E-state index in [9.17, 15) is 8.42 Å². The molecule has 1 aliphatic heterocycles. The van der Waals surface area contributed by atoms with E-state index in [1.807, 2.05) is 0 Å². The van der Waals surface area contributed by atoms with Gasteiger partial charge in [0.05, 0.1) is 14.9 Å². The second-order valence-corrected chi connectivity index (χ2v) is 9.06. The lowest BCUT2D eigenvalue weighted by Crippen LogP contribution is -2.32. The zero-order valence-electron chi connectivity index (χ0n) is 14.4. The topological polar surface area (TPSA) is 49.4 Å². The van der Waals surface area contributed by atoms with Gasteiger partial charge < -0.3 is 0 Å². The summed E-state index contributed by atoms with van der Waals surface area (Å²) in [4.78, 5) is 2.56. The Bertz CT molecular complexity index is 872. The first-order chi connectivity index (χ1) is 12.5. The molecular weight excluding hydrogens is 391 g/mol. The molecule has 26 heavy (non-hydrogen) atoms. The molecule has 1 heterocycles. The third-order valence-electron chi connectivity index (χ3n) is 4.60. The number of rotatable bonds is 7. The molecule has 0 aromatic heterocycles. The SMILES string of the molecule is O=S(=O)(NCCCCN1CCc2ccccc2C1)c1ccc(Cl)c(Cl)c1. The van der Waals surface area contributed by atoms with Gasteiger partial charge in [0.1, 0.15) is 0 Å². The Morgan fingerprint density at radius 2 is 1.77 bits per heavy atom. The number of nitrogens with zero attached hydrogens (tertiary/aromatic N) is 1. The molecule has 7 heteroatoms. The molecule has 2 aromatic rings. The van der Waals surface area contributed by atoms with E-state index >= 15 is 0 Å². The molecule has 2 aromatic carbocycles. The van der Waals surface area contributed by atoms with E-state index < -0.39 is 10.0 Å². The van der Waals surface area contributed by atoms with Crippen LogP contribution in [0.25, 0.3) is 0 Å². The van der Waals surface area contributed by atoms with Gasteiger partial charge in [0.2, 0.25) is 10.0 Å². The maximum atomic E-state index is 12.3. The molecule has 0 bridgehead atoms. The summed E-state index contributed by atoms with van der Waals surface area (Å²) in [5, 5.41) is 0.577. The highest BCUT2D eigenvalue weighted by Gasteiger charge is 2.16. The fourth-order valence-corrected chi connectivity index (χ4v) is 4.60. The van der Waals surface area contributed by atoms with Crippen molar-refractivity contribution in [2.45, 2.75) is 30.7 Å². The minimum Gasteiger partial charge on any atom is -0.299 e. The first kappa shape index (κ1) is 19.6. The molecule has 0 unspecified atom stereocenters. The van der Waals surface area contributed by atoms with Crippen LogP contribution in [0.5, 0.6) is 0 Å². The van der Waals surface area contributed by atoms with Crippen molar-refractivity contribution in [2.24, 2.45) is 0 Å². The van der Waals surface area contributed by atoms with Crippen LogP contribution in [0.3, 0.4) is 0 Å². The van der Waals surface area contributed by atoms with Gasteiger partial charge in [-0.1, -0.05) is 47.5 Å². The first-order valence-corrected chi connectivity index (χ1v) is 10.9. The lowest BCUT2D eigenvalue weighted by Gasteiger charge is -2.28. The Hall–Kier alpha value is -1.11. The normalized spacial score (nSPS) is 15.0. The van der Waals surface area contributed by atoms with Gasteiger partial charge in [-0.05, 0) is 55.1 Å². The van der Waals surface area contributed by atoms with Crippen molar-refractivity contribution in [3.05, 3.63) is 63.6 Å². The van der Waals surface area contributed by atoms with E-state index in [-0.39, 0.29) is 9.92 Å². The Morgan fingerprint density at radius 3 is 2.54 bits per heavy atom. The summed E-state index contributed by atoms with van der Waals surface area (Å²) in [6, 6.07) is 12.9. The third kappa shape index (κ3) is 4.99. The highest BCUT2D eigenvalue weighted by molar-refractivity contribution is 7.89. The predicted molar refractivity (Wildman–Crippen MR) is 106 cm³/mol. The van der Waals surface area contributed by atoms with Crippen LogP contribution in [-0.4, -0.2) is 33.0 Å². The Balaban J connectivity index is 1.42. The maximum absolute atomic E-state index is 12.3. The van der Waals surface area contributed by atoms with Crippen molar-refractivity contribution in [3.8, 4) is 0 Å². The van der Waals surface area contributed by atoms with Crippen LogP contribution in [0.15, 0.2) is 47.4 Å². The van der Waals surface area contributed by atoms with Crippen molar-refractivity contribution >= 4 is 33.2 Å². The quantitative estimate of drug-likeness (QED) is 0.695. The molecule has 0 radical (unpaired) electrons. The standard InChI is InChI=1S/C19H22Cl2N2O2S/c20-18-8-7-17(13-19(18)21)26(24,25)22-10-3-4-11-23-12-9-15-5-1-2-6-16(15)14-23/h1-2,5-8,13,22H,3-4,9-12,14H2. The highest BCUT2D eigenvalue weighted by atomic mass is 35.5. The molecule has 0 spiro atoms. The van der Waals surface area contributed by atoms with E-state index in [1.54, 1.807) is 0 Å². The summed E-state index contributed by atoms with van der Waals surface area (Å²) in [5.74, 6) is 0. The lowest BCUT2D eigenvalue weighted by molar-refractivity contribution is 0.249. The van der Waals surface area contributed by atoms with E-state index in [2.05, 4.69) is 33.9 Å². The van der Waals surface area contributed by atoms with Crippen LogP contribution in [-0.2, 0) is 23.0 Å². The zero-order chi connectivity index (χ0) is 18.6. The zero-order valence-corrected chi connectivity index (χ0v) is 16.7. The Labute approximate surface area is 165 Å². The third-order valence-corrected chi connectivity index (χ3v) is 6.80. The average Bonchev–Trinajstić information content (AvgIpc) is 2.63. The van der Waals surface area contributed by atoms with Crippen molar-refractivity contribution < 1.29 is 8.42 Å². The van der Waals surface area contributed by atoms with Crippen LogP contribution in [0.1, 0.15) is 24.0 Å². The number of hydrogen-bond acceptors (Lipinski definition) is 3. The van der Waals surface area contributed by atoms with Gasteiger partial charge in [-0.15, -0.1) is 0 Å². The number of fused-ring (bicyclic) bond motifs is 1. The molecule has 1 N–H and O–H groups in total. The number of halogens is 2. The highest BCUT2D eigenvalue weighted by Crippen LogP contribution is 2.24. The molecule has 0 atom stereocenters. The number of benzene rings is 2. The van der Waals surface area contributed by atoms with Crippen LogP contribution < -0.4 is 4.72 Å². The van der Waals surface area contributed by atoms with Crippen molar-refractivity contribution in [2.75, 3.05) is 19.6 Å². The van der Waals surface area contributed by atoms with E-state index in [0.29, 0.717) is 11.6 Å². The van der Waals surface area contributed by atoms with Crippen LogP contribution in [0.2, 0.25) is 10.0 Å². The summed E-state index contributed by atoms with van der Waals surface area (Å²) in [7, 11) is -3.55. The average molecular weight is 413 g/mol. The van der Waals surface area contributed by atoms with Crippen LogP contribution >= 0.6 is 23.2 Å². The van der Waals surface area contributed by atoms with Crippen molar-refractivity contribution in [3.63, 3.8) is 0 Å². The Morgan fingerprint density at radius 1 is 1.00 bits per heavy atom. The fourth-order valence-electron chi connectivity index (χ4n) is 3.14. The molecule has 0 amide bonds. The van der Waals surface area contributed by atoms with E-state index in [4.69, 9.17) is 23.2 Å². The number of hydrogen-bond donors (Lipinski definition) is 1. The number of nitrogens with one attached hydrogen (secondary N) is 1. The minimum absolute atomic E-state index is 0.138. The summed E-state index contributed by atoms with van der Waals surface area (Å²) < 4.78 is 27.2. The van der Waals surface area contributed by atoms with Crippen LogP contribution in [0.4, 0.5) is 0 Å². The fraction of sp³-hybridized carbons (Fsp3) is 0.368. The molecule has 140 valence electrons. The van der Waals surface area contributed by atoms with Gasteiger partial charge in [-0.3, -0.25) is 4.90 Å². The van der Waals surface area contributed by atoms with Gasteiger partial charge in [0.15, 0.2) is 0 Å². The second-order valence-electron chi connectivity index (χ2n) is 6.48. The molecule has 0 saturated heterocycles. The van der Waals surface area contributed by atoms with Gasteiger partial charge in [-0.25, -0.2) is 13.1 Å². The van der Waals surface area contributed by atoms with E-state index in [1.165, 1.54) is 29.3 Å². The van der Waals surface area contributed by atoms with Gasteiger partial charge in [0, 0.05) is 19.6 Å². The molecule has 1 aliphatic rings. The van der Waals surface area contributed by atoms with Gasteiger partial charge in [-0.2, -0.15) is 0 Å². The van der Waals surface area contributed by atoms with Crippen molar-refractivity contribution in [1.29, 1.82) is 0 Å². The summed E-state index contributed by atoms with van der Waals surface area (Å²) in [6.07, 6.45) is 2.82. The molecule has 4 nitrogen and oxygen atoms in total. The molecular formula is C19H22Cl2N2O2S. The summed E-state index contributed by atoms with van der Waals surface area (Å²) >= 11 is 11.7. The molecule has 0 aliphatic carbocycles. The number of unbranched alkanes of at least 4 members (excludes halogenated alkanes) is 1. The summed E-state index contributed by atoms with van der Waals surface area (Å²) in [6.45, 7) is 3.42. The minimum atomic E-state index is -3.55. The lowest BCUT2D eigenvalue weighted by atomic mass is 10.00. The van der Waals surface area contributed by atoms with Gasteiger partial charge >= 0.3 is 0 Å². The van der Waals surface area contributed by atoms with Gasteiger partial charge in [0.25, 0.3) is 0 Å². The predicted octanol–water partition coefficient (Wildman–Crippen LogP) is 4.11. The molecule has 3 rings (SSSR count). The van der Waals surface area contributed by atoms with Crippen molar-refractivity contribution in [1.82, 2.24) is 9.62 Å². The second kappa shape index (κ2) is 8.72. The first-order valence-electron chi connectivity index (χ1n) is 8.69. The number of sulfonamides is 1.